The van der Waals surface area contributed by atoms with E-state index in [0.717, 1.165) is 17.4 Å². The van der Waals surface area contributed by atoms with E-state index in [4.69, 9.17) is 24.8 Å². The summed E-state index contributed by atoms with van der Waals surface area (Å²) in [6.07, 6.45) is 2.73. The molecule has 340 valence electrons. The first-order valence-corrected chi connectivity index (χ1v) is 19.2. The molecule has 2 heterocycles. The smallest absolute Gasteiger partial charge is 0.412 e. The van der Waals surface area contributed by atoms with Crippen LogP contribution >= 0.6 is 27.0 Å². The summed E-state index contributed by atoms with van der Waals surface area (Å²) in [6.45, 7) is 9.99. The molecule has 0 aliphatic heterocycles. The molecule has 0 aliphatic rings. The molecule has 3 aromatic carbocycles. The van der Waals surface area contributed by atoms with Crippen molar-refractivity contribution in [3.8, 4) is 0 Å². The van der Waals surface area contributed by atoms with Crippen molar-refractivity contribution in [3.63, 3.8) is 0 Å². The second-order valence-corrected chi connectivity index (χ2v) is 14.4. The number of fused-ring (bicyclic) bond motifs is 2. The molecule has 0 unspecified atom stereocenters. The first-order valence-electron chi connectivity index (χ1n) is 19.2. The van der Waals surface area contributed by atoms with Gasteiger partial charge in [-0.15, -0.1) is 0 Å². The minimum absolute atomic E-state index is 0. The van der Waals surface area contributed by atoms with E-state index in [-0.39, 0.29) is 76.1 Å². The number of anilines is 1. The van der Waals surface area contributed by atoms with Gasteiger partial charge in [-0.25, -0.2) is 28.1 Å². The average Bonchev–Trinajstić information content (AvgIpc) is 3.23. The number of aliphatic hydroxyl groups excluding tert-OH is 1. The maximum Gasteiger partial charge on any atom is 0.412 e. The number of hydrogen-bond donors (Lipinski definition) is 3. The van der Waals surface area contributed by atoms with E-state index < -0.39 is 35.6 Å². The van der Waals surface area contributed by atoms with Gasteiger partial charge < -0.3 is 29.5 Å². The van der Waals surface area contributed by atoms with Crippen LogP contribution in [0.2, 0.25) is 0 Å². The lowest BCUT2D eigenvalue weighted by Crippen LogP contribution is -2.43. The van der Waals surface area contributed by atoms with Crippen molar-refractivity contribution >= 4 is 78.5 Å². The number of likely N-dealkylation sites (N-methyl/N-ethyl adjacent to an activating group) is 1. The molecule has 5 rings (SSSR count). The van der Waals surface area contributed by atoms with Crippen LogP contribution in [0.15, 0.2) is 96.4 Å². The third-order valence-corrected chi connectivity index (χ3v) is 8.64. The van der Waals surface area contributed by atoms with Gasteiger partial charge >= 0.3 is 18.3 Å². The number of ether oxygens (including phenoxy) is 3. The Labute approximate surface area is 378 Å². The second-order valence-electron chi connectivity index (χ2n) is 14.4. The number of alkyl carbamates (subject to hydrolysis) is 1. The summed E-state index contributed by atoms with van der Waals surface area (Å²) in [4.78, 5) is 58.5. The number of azide groups is 1. The van der Waals surface area contributed by atoms with Gasteiger partial charge in [-0.1, -0.05) is 44.2 Å². The molecule has 0 spiro atoms. The largest absolute Gasteiger partial charge is 0.447 e. The van der Waals surface area contributed by atoms with Crippen molar-refractivity contribution in [3.05, 3.63) is 125 Å². The minimum Gasteiger partial charge on any atom is -0.447 e. The summed E-state index contributed by atoms with van der Waals surface area (Å²) in [7, 11) is 1.60. The number of carbonyl (C=O) groups is 4. The molecule has 63 heavy (non-hydrogen) atoms. The van der Waals surface area contributed by atoms with Gasteiger partial charge in [-0.2, -0.15) is 27.0 Å². The number of pyridine rings is 2. The highest BCUT2D eigenvalue weighted by molar-refractivity contribution is 7.59. The van der Waals surface area contributed by atoms with Crippen LogP contribution in [0.1, 0.15) is 63.5 Å². The molecule has 4 amide bonds. The quantitative estimate of drug-likeness (QED) is 0.0466. The number of nitrogens with one attached hydrogen (secondary N) is 2. The van der Waals surface area contributed by atoms with Crippen molar-refractivity contribution in [1.82, 2.24) is 20.2 Å². The number of nitrogens with zero attached hydrogens (tertiary/aromatic N) is 6. The Hall–Kier alpha value is -6.21. The Morgan fingerprint density at radius 3 is 2.00 bits per heavy atom. The van der Waals surface area contributed by atoms with E-state index in [2.05, 4.69) is 30.6 Å². The lowest BCUT2D eigenvalue weighted by atomic mass is 10.1. The fourth-order valence-electron chi connectivity index (χ4n) is 5.14. The van der Waals surface area contributed by atoms with Crippen molar-refractivity contribution in [2.24, 2.45) is 11.0 Å². The van der Waals surface area contributed by atoms with Crippen LogP contribution in [0, 0.1) is 17.6 Å². The first kappa shape index (κ1) is 54.8. The van der Waals surface area contributed by atoms with Gasteiger partial charge in [0.2, 0.25) is 0 Å². The number of aromatic nitrogens is 2. The fraction of sp³-hybridized carbons (Fsp3) is 0.349. The average molecular weight is 913 g/mol. The van der Waals surface area contributed by atoms with Gasteiger partial charge in [0, 0.05) is 48.3 Å². The lowest BCUT2D eigenvalue weighted by Gasteiger charge is -2.29. The van der Waals surface area contributed by atoms with E-state index in [1.54, 1.807) is 46.0 Å². The SMILES string of the molecule is CC[C@@H](COC(=O)Nc1cc2cc(F)ccc2cn1)N(C)C(=O)OC(C)(C)C.CC[C@H](CO)CNC(=O)OCc1ccccc1.S.S.[N-]=[N+]=NC(=O)c1cc2cc(F)ccc2cn1. The molecule has 2 atom stereocenters. The van der Waals surface area contributed by atoms with Crippen molar-refractivity contribution < 1.29 is 47.3 Å². The summed E-state index contributed by atoms with van der Waals surface area (Å²) in [5, 5.41) is 19.6. The minimum atomic E-state index is -0.784. The summed E-state index contributed by atoms with van der Waals surface area (Å²) < 4.78 is 41.9. The molecular weight excluding hydrogens is 859 g/mol. The van der Waals surface area contributed by atoms with Crippen molar-refractivity contribution in [1.29, 1.82) is 0 Å². The molecule has 20 heteroatoms. The van der Waals surface area contributed by atoms with Gasteiger partial charge in [0.15, 0.2) is 0 Å². The Balaban J connectivity index is 0.000000491. The monoisotopic (exact) mass is 912 g/mol. The molecule has 0 radical (unpaired) electrons. The standard InChI is InChI=1S/C20H26FN3O4.C13H19NO3.C10H5FN4O.2H2S/c1-6-16(24(5)19(26)28-20(2,3)4)12-27-18(25)23-17-10-14-9-15(21)8-7-13(14)11-22-17;1-2-11(9-15)8-14-13(16)17-10-12-6-4-3-5-7-12;11-8-2-1-6-5-13-9(4-7(6)3-8)10(16)14-15-12;;/h7-11,16H,6,12H2,1-5H3,(H,22,23,25);3-7,11,15H,2,8-10H2,1H3,(H,14,16);1-5H;2*1H2/t16-;11-;;;/m00.../s1. The molecule has 0 aliphatic carbocycles. The van der Waals surface area contributed by atoms with E-state index in [0.29, 0.717) is 29.1 Å². The Bertz CT molecular complexity index is 2300. The maximum atomic E-state index is 13.3. The van der Waals surface area contributed by atoms with E-state index >= 15 is 0 Å². The highest BCUT2D eigenvalue weighted by Crippen LogP contribution is 2.19. The van der Waals surface area contributed by atoms with Gasteiger partial charge in [0.25, 0.3) is 5.91 Å². The third-order valence-electron chi connectivity index (χ3n) is 8.64. The number of carbonyl (C=O) groups excluding carboxylic acids is 4. The second kappa shape index (κ2) is 27.7. The summed E-state index contributed by atoms with van der Waals surface area (Å²) >= 11 is 0. The van der Waals surface area contributed by atoms with E-state index in [1.165, 1.54) is 47.6 Å². The Morgan fingerprint density at radius 2 is 1.44 bits per heavy atom. The van der Waals surface area contributed by atoms with Crippen LogP contribution in [-0.4, -0.2) is 82.6 Å². The summed E-state index contributed by atoms with van der Waals surface area (Å²) in [5.41, 5.74) is 8.45. The molecule has 0 fully saturated rings. The molecular formula is C43H54F2N8O8S2. The Kier molecular flexibility index (Phi) is 24.1. The van der Waals surface area contributed by atoms with Crippen LogP contribution in [0.25, 0.3) is 32.0 Å². The van der Waals surface area contributed by atoms with E-state index in [9.17, 15) is 28.0 Å². The van der Waals surface area contributed by atoms with Crippen molar-refractivity contribution in [2.75, 3.05) is 32.1 Å². The lowest BCUT2D eigenvalue weighted by molar-refractivity contribution is 0.0145. The number of amides is 4. The maximum absolute atomic E-state index is 13.3. The van der Waals surface area contributed by atoms with Crippen LogP contribution in [0.3, 0.4) is 0 Å². The number of halogens is 2. The highest BCUT2D eigenvalue weighted by atomic mass is 32.1. The van der Waals surface area contributed by atoms with Crippen LogP contribution in [0.5, 0.6) is 0 Å². The molecule has 0 saturated carbocycles. The molecule has 0 saturated heterocycles. The zero-order valence-corrected chi connectivity index (χ0v) is 37.8. The number of hydrogen-bond acceptors (Lipinski definition) is 10. The fourth-order valence-corrected chi connectivity index (χ4v) is 5.14. The van der Waals surface area contributed by atoms with Gasteiger partial charge in [0.05, 0.1) is 6.04 Å². The summed E-state index contributed by atoms with van der Waals surface area (Å²) in [5.74, 6) is -1.21. The van der Waals surface area contributed by atoms with Gasteiger partial charge in [-0.05, 0) is 115 Å². The van der Waals surface area contributed by atoms with Crippen LogP contribution in [-0.2, 0) is 20.8 Å². The predicted molar refractivity (Wildman–Crippen MR) is 246 cm³/mol. The zero-order valence-electron chi connectivity index (χ0n) is 35.8. The van der Waals surface area contributed by atoms with Crippen LogP contribution in [0.4, 0.5) is 29.0 Å². The predicted octanol–water partition coefficient (Wildman–Crippen LogP) is 9.55. The summed E-state index contributed by atoms with van der Waals surface area (Å²) in [6, 6.07) is 20.6. The third kappa shape index (κ3) is 19.6. The zero-order chi connectivity index (χ0) is 45.0. The first-order chi connectivity index (χ1) is 29.0. The molecule has 3 N–H and O–H groups in total. The van der Waals surface area contributed by atoms with Crippen molar-refractivity contribution in [2.45, 2.75) is 65.7 Å². The molecule has 16 nitrogen and oxygen atoms in total. The highest BCUT2D eigenvalue weighted by Gasteiger charge is 2.25. The van der Waals surface area contributed by atoms with E-state index in [1.807, 2.05) is 44.2 Å². The number of aliphatic hydroxyl groups is 1. The molecule has 0 bridgehead atoms. The topological polar surface area (TPSA) is 218 Å². The normalized spacial score (nSPS) is 11.2. The number of rotatable bonds is 12. The molecule has 2 aromatic heterocycles. The number of benzene rings is 3. The van der Waals surface area contributed by atoms with Crippen LogP contribution < -0.4 is 10.6 Å². The van der Waals surface area contributed by atoms with Gasteiger partial charge in [-0.3, -0.25) is 15.1 Å². The van der Waals surface area contributed by atoms with Gasteiger partial charge in [0.1, 0.15) is 42.0 Å². The molecule has 5 aromatic rings. The Morgan fingerprint density at radius 1 is 0.841 bits per heavy atom.